The first-order valence-electron chi connectivity index (χ1n) is 11.5. The van der Waals surface area contributed by atoms with Gasteiger partial charge in [-0.2, -0.15) is 0 Å². The van der Waals surface area contributed by atoms with E-state index >= 15 is 0 Å². The van der Waals surface area contributed by atoms with Crippen molar-refractivity contribution in [3.8, 4) is 17.1 Å². The fourth-order valence-corrected chi connectivity index (χ4v) is 3.74. The third-order valence-corrected chi connectivity index (χ3v) is 5.70. The maximum Gasteiger partial charge on any atom is 0.338 e. The molecule has 0 saturated heterocycles. The molecule has 36 heavy (non-hydrogen) atoms. The highest BCUT2D eigenvalue weighted by molar-refractivity contribution is 6.30. The fourth-order valence-electron chi connectivity index (χ4n) is 3.61. The second-order valence-corrected chi connectivity index (χ2v) is 8.33. The summed E-state index contributed by atoms with van der Waals surface area (Å²) >= 11 is 6.03. The highest BCUT2D eigenvalue weighted by Crippen LogP contribution is 2.32. The predicted molar refractivity (Wildman–Crippen MR) is 139 cm³/mol. The second-order valence-electron chi connectivity index (χ2n) is 7.89. The van der Waals surface area contributed by atoms with Crippen molar-refractivity contribution in [1.29, 1.82) is 0 Å². The Balaban J connectivity index is 1.64. The van der Waals surface area contributed by atoms with Gasteiger partial charge in [0.1, 0.15) is 5.58 Å². The van der Waals surface area contributed by atoms with E-state index in [1.807, 2.05) is 0 Å². The van der Waals surface area contributed by atoms with Crippen molar-refractivity contribution in [2.45, 2.75) is 26.4 Å². The van der Waals surface area contributed by atoms with Crippen LogP contribution in [-0.2, 0) is 9.53 Å². The molecular formula is C28H24ClNO6. The molecule has 8 heteroatoms. The smallest absolute Gasteiger partial charge is 0.338 e. The van der Waals surface area contributed by atoms with Gasteiger partial charge in [0.25, 0.3) is 5.91 Å². The van der Waals surface area contributed by atoms with Gasteiger partial charge in [-0.25, -0.2) is 4.79 Å². The molecule has 4 aromatic rings. The summed E-state index contributed by atoms with van der Waals surface area (Å²) in [6, 6.07) is 20.0. The monoisotopic (exact) mass is 505 g/mol. The second kappa shape index (κ2) is 11.1. The molecule has 1 N–H and O–H groups in total. The number of esters is 1. The van der Waals surface area contributed by atoms with E-state index in [1.165, 1.54) is 0 Å². The number of rotatable bonds is 8. The third-order valence-electron chi connectivity index (χ3n) is 5.45. The van der Waals surface area contributed by atoms with Gasteiger partial charge in [-0.05, 0) is 74.0 Å². The molecule has 1 unspecified atom stereocenters. The SMILES string of the molecule is CCOC(=O)c1ccc(NC(=O)C(CC)Oc2c(-c3ccc(Cl)cc3)oc3ccccc3c2=O)cc1. The molecule has 4 rings (SSSR count). The average molecular weight is 506 g/mol. The van der Waals surface area contributed by atoms with Crippen LogP contribution < -0.4 is 15.5 Å². The van der Waals surface area contributed by atoms with Crippen molar-refractivity contribution in [2.75, 3.05) is 11.9 Å². The highest BCUT2D eigenvalue weighted by Gasteiger charge is 2.25. The van der Waals surface area contributed by atoms with Crippen LogP contribution in [0.3, 0.4) is 0 Å². The molecule has 0 fully saturated rings. The van der Waals surface area contributed by atoms with Crippen molar-refractivity contribution < 1.29 is 23.5 Å². The molecule has 0 spiro atoms. The molecule has 1 aromatic heterocycles. The van der Waals surface area contributed by atoms with E-state index in [1.54, 1.807) is 86.6 Å². The van der Waals surface area contributed by atoms with Crippen molar-refractivity contribution in [1.82, 2.24) is 0 Å². The minimum absolute atomic E-state index is 0.0596. The first-order chi connectivity index (χ1) is 17.4. The number of carbonyl (C=O) groups excluding carboxylic acids is 2. The van der Waals surface area contributed by atoms with E-state index in [9.17, 15) is 14.4 Å². The molecule has 0 bridgehead atoms. The summed E-state index contributed by atoms with van der Waals surface area (Å²) in [6.07, 6.45) is -0.691. The van der Waals surface area contributed by atoms with E-state index in [4.69, 9.17) is 25.5 Å². The van der Waals surface area contributed by atoms with Crippen LogP contribution in [-0.4, -0.2) is 24.6 Å². The van der Waals surface area contributed by atoms with Gasteiger partial charge in [0.15, 0.2) is 11.9 Å². The molecule has 0 saturated carbocycles. The van der Waals surface area contributed by atoms with Gasteiger partial charge in [0, 0.05) is 16.3 Å². The van der Waals surface area contributed by atoms with E-state index in [-0.39, 0.29) is 23.5 Å². The zero-order chi connectivity index (χ0) is 25.7. The van der Waals surface area contributed by atoms with Gasteiger partial charge in [-0.15, -0.1) is 0 Å². The molecule has 1 heterocycles. The summed E-state index contributed by atoms with van der Waals surface area (Å²) < 4.78 is 17.1. The van der Waals surface area contributed by atoms with Crippen LogP contribution >= 0.6 is 11.6 Å². The van der Waals surface area contributed by atoms with E-state index in [0.717, 1.165) is 0 Å². The van der Waals surface area contributed by atoms with Gasteiger partial charge in [-0.3, -0.25) is 9.59 Å². The van der Waals surface area contributed by atoms with Gasteiger partial charge in [0.2, 0.25) is 11.2 Å². The van der Waals surface area contributed by atoms with Gasteiger partial charge < -0.3 is 19.2 Å². The van der Waals surface area contributed by atoms with E-state index in [2.05, 4.69) is 5.32 Å². The van der Waals surface area contributed by atoms with Crippen LogP contribution in [0.2, 0.25) is 5.02 Å². The fraction of sp³-hybridized carbons (Fsp3) is 0.179. The number of benzene rings is 3. The third kappa shape index (κ3) is 5.42. The molecular weight excluding hydrogens is 482 g/mol. The highest BCUT2D eigenvalue weighted by atomic mass is 35.5. The summed E-state index contributed by atoms with van der Waals surface area (Å²) in [4.78, 5) is 38.3. The Labute approximate surface area is 212 Å². The molecule has 0 aliphatic heterocycles. The topological polar surface area (TPSA) is 94.8 Å². The summed E-state index contributed by atoms with van der Waals surface area (Å²) in [5, 5.41) is 3.64. The Morgan fingerprint density at radius 3 is 2.33 bits per heavy atom. The lowest BCUT2D eigenvalue weighted by Gasteiger charge is -2.19. The zero-order valence-corrected chi connectivity index (χ0v) is 20.5. The molecule has 0 aliphatic rings. The number of nitrogens with one attached hydrogen (secondary N) is 1. The number of anilines is 1. The number of amides is 1. The Bertz CT molecular complexity index is 1440. The zero-order valence-electron chi connectivity index (χ0n) is 19.7. The molecule has 0 aliphatic carbocycles. The summed E-state index contributed by atoms with van der Waals surface area (Å²) in [5.41, 5.74) is 1.45. The van der Waals surface area contributed by atoms with Gasteiger partial charge in [-0.1, -0.05) is 30.7 Å². The number of para-hydroxylation sites is 1. The summed E-state index contributed by atoms with van der Waals surface area (Å²) in [7, 11) is 0. The molecule has 184 valence electrons. The first-order valence-corrected chi connectivity index (χ1v) is 11.9. The Kier molecular flexibility index (Phi) is 7.71. The number of fused-ring (bicyclic) bond motifs is 1. The first kappa shape index (κ1) is 25.0. The van der Waals surface area contributed by atoms with Crippen molar-refractivity contribution in [3.63, 3.8) is 0 Å². The molecule has 7 nitrogen and oxygen atoms in total. The maximum atomic E-state index is 13.4. The summed E-state index contributed by atoms with van der Waals surface area (Å²) in [6.45, 7) is 3.78. The normalized spacial score (nSPS) is 11.6. The van der Waals surface area contributed by atoms with Crippen molar-refractivity contribution in [3.05, 3.63) is 93.6 Å². The number of carbonyl (C=O) groups is 2. The maximum absolute atomic E-state index is 13.4. The Hall–Kier alpha value is -4.10. The Morgan fingerprint density at radius 2 is 1.67 bits per heavy atom. The van der Waals surface area contributed by atoms with Crippen LogP contribution in [0.25, 0.3) is 22.3 Å². The molecule has 0 radical (unpaired) electrons. The number of halogens is 1. The standard InChI is InChI=1S/C28H24ClNO6/c1-3-22(27(32)30-20-15-11-18(12-16-20)28(33)34-4-2)35-26-24(31)21-7-5-6-8-23(21)36-25(26)17-9-13-19(29)14-10-17/h5-16,22H,3-4H2,1-2H3,(H,30,32). The number of hydrogen-bond donors (Lipinski definition) is 1. The molecule has 3 aromatic carbocycles. The van der Waals surface area contributed by atoms with Gasteiger partial charge >= 0.3 is 5.97 Å². The predicted octanol–water partition coefficient (Wildman–Crippen LogP) is 6.09. The van der Waals surface area contributed by atoms with Crippen LogP contribution in [0.5, 0.6) is 5.75 Å². The van der Waals surface area contributed by atoms with Crippen LogP contribution in [0.4, 0.5) is 5.69 Å². The Morgan fingerprint density at radius 1 is 0.972 bits per heavy atom. The van der Waals surface area contributed by atoms with Crippen LogP contribution in [0, 0.1) is 0 Å². The van der Waals surface area contributed by atoms with E-state index < -0.39 is 18.0 Å². The van der Waals surface area contributed by atoms with E-state index in [0.29, 0.717) is 39.2 Å². The van der Waals surface area contributed by atoms with Gasteiger partial charge in [0.05, 0.1) is 17.6 Å². The number of hydrogen-bond acceptors (Lipinski definition) is 6. The summed E-state index contributed by atoms with van der Waals surface area (Å²) in [5.74, 6) is -0.741. The quantitative estimate of drug-likeness (QED) is 0.291. The minimum Gasteiger partial charge on any atom is -0.473 e. The number of ether oxygens (including phenoxy) is 2. The molecule has 1 amide bonds. The minimum atomic E-state index is -0.982. The van der Waals surface area contributed by atoms with Crippen LogP contribution in [0.1, 0.15) is 30.6 Å². The lowest BCUT2D eigenvalue weighted by Crippen LogP contribution is -2.34. The molecule has 1 atom stereocenters. The largest absolute Gasteiger partial charge is 0.473 e. The van der Waals surface area contributed by atoms with Crippen molar-refractivity contribution >= 4 is 40.1 Å². The van der Waals surface area contributed by atoms with Crippen molar-refractivity contribution in [2.24, 2.45) is 0 Å². The lowest BCUT2D eigenvalue weighted by molar-refractivity contribution is -0.122. The van der Waals surface area contributed by atoms with Crippen LogP contribution in [0.15, 0.2) is 82.0 Å². The lowest BCUT2D eigenvalue weighted by atomic mass is 10.1. The average Bonchev–Trinajstić information content (AvgIpc) is 2.89.